The second-order valence-corrected chi connectivity index (χ2v) is 9.99. The molecule has 1 unspecified atom stereocenters. The van der Waals surface area contributed by atoms with Gasteiger partial charge in [-0.2, -0.15) is 8.42 Å². The van der Waals surface area contributed by atoms with Crippen LogP contribution < -0.4 is 0 Å². The first kappa shape index (κ1) is 17.2. The van der Waals surface area contributed by atoms with Gasteiger partial charge < -0.3 is 4.79 Å². The fraction of sp³-hybridized carbons (Fsp3) is 0.650. The van der Waals surface area contributed by atoms with Gasteiger partial charge in [0, 0.05) is 5.92 Å². The van der Waals surface area contributed by atoms with Crippen LogP contribution in [0.15, 0.2) is 18.2 Å². The number of hydrogen-bond donors (Lipinski definition) is 1. The molecule has 1 aromatic rings. The standard InChI is InChI=1S/C20H26O4S/c1-20-9-8-17-16-5-2-13(12-25(22,23)24)10-14(16)3-6-18(17)19(20)7-4-15(20)11-21/h2,5,10-11,15,17-19H,3-4,6-9,12H2,1H3,(H,22,23,24)/t15?,17-,18-,19+,20-/m1/s1. The summed E-state index contributed by atoms with van der Waals surface area (Å²) >= 11 is 0. The largest absolute Gasteiger partial charge is 0.303 e. The average molecular weight is 362 g/mol. The molecule has 4 nitrogen and oxygen atoms in total. The molecule has 0 spiro atoms. The van der Waals surface area contributed by atoms with Gasteiger partial charge in [0.05, 0.1) is 0 Å². The van der Waals surface area contributed by atoms with E-state index in [2.05, 4.69) is 13.0 Å². The van der Waals surface area contributed by atoms with E-state index in [0.29, 0.717) is 23.3 Å². The van der Waals surface area contributed by atoms with Crippen LogP contribution in [0.1, 0.15) is 61.6 Å². The average Bonchev–Trinajstić information content (AvgIpc) is 2.89. The Kier molecular flexibility index (Phi) is 4.08. The molecule has 0 bridgehead atoms. The van der Waals surface area contributed by atoms with Crippen molar-refractivity contribution in [3.05, 3.63) is 34.9 Å². The Morgan fingerprint density at radius 1 is 1.24 bits per heavy atom. The Hall–Kier alpha value is -1.20. The van der Waals surface area contributed by atoms with E-state index < -0.39 is 10.1 Å². The van der Waals surface area contributed by atoms with Crippen LogP contribution in [0.5, 0.6) is 0 Å². The molecule has 5 atom stereocenters. The van der Waals surface area contributed by atoms with Gasteiger partial charge >= 0.3 is 0 Å². The smallest absolute Gasteiger partial charge is 0.269 e. The zero-order valence-electron chi connectivity index (χ0n) is 14.6. The molecular formula is C20H26O4S. The van der Waals surface area contributed by atoms with E-state index in [1.807, 2.05) is 12.1 Å². The highest BCUT2D eigenvalue weighted by Gasteiger charge is 2.54. The van der Waals surface area contributed by atoms with E-state index in [0.717, 1.165) is 38.5 Å². The van der Waals surface area contributed by atoms with E-state index in [1.54, 1.807) is 0 Å². The second-order valence-electron chi connectivity index (χ2n) is 8.54. The van der Waals surface area contributed by atoms with Crippen LogP contribution in [0, 0.1) is 23.2 Å². The lowest BCUT2D eigenvalue weighted by Gasteiger charge is -2.50. The number of fused-ring (bicyclic) bond motifs is 5. The van der Waals surface area contributed by atoms with Gasteiger partial charge in [-0.1, -0.05) is 25.1 Å². The first-order chi connectivity index (χ1) is 11.8. The Morgan fingerprint density at radius 3 is 2.76 bits per heavy atom. The third-order valence-corrected chi connectivity index (χ3v) is 8.08. The maximum Gasteiger partial charge on any atom is 0.269 e. The van der Waals surface area contributed by atoms with Gasteiger partial charge in [-0.05, 0) is 78.4 Å². The van der Waals surface area contributed by atoms with Crippen molar-refractivity contribution >= 4 is 16.4 Å². The normalized spacial score (nSPS) is 37.0. The number of carbonyl (C=O) groups is 1. The predicted molar refractivity (Wildman–Crippen MR) is 95.9 cm³/mol. The molecule has 0 heterocycles. The van der Waals surface area contributed by atoms with Crippen LogP contribution in [-0.4, -0.2) is 19.3 Å². The number of hydrogen-bond acceptors (Lipinski definition) is 3. The Bertz CT molecular complexity index is 800. The fourth-order valence-electron chi connectivity index (χ4n) is 6.20. The molecule has 136 valence electrons. The first-order valence-electron chi connectivity index (χ1n) is 9.34. The zero-order valence-corrected chi connectivity index (χ0v) is 15.5. The van der Waals surface area contributed by atoms with Crippen LogP contribution in [0.25, 0.3) is 0 Å². The third-order valence-electron chi connectivity index (χ3n) is 7.38. The van der Waals surface area contributed by atoms with E-state index in [4.69, 9.17) is 4.55 Å². The summed E-state index contributed by atoms with van der Waals surface area (Å²) in [5, 5.41) is 0. The lowest BCUT2D eigenvalue weighted by molar-refractivity contribution is -0.115. The van der Waals surface area contributed by atoms with E-state index in [-0.39, 0.29) is 17.1 Å². The van der Waals surface area contributed by atoms with Crippen molar-refractivity contribution in [2.75, 3.05) is 0 Å². The van der Waals surface area contributed by atoms with Crippen molar-refractivity contribution in [1.29, 1.82) is 0 Å². The highest BCUT2D eigenvalue weighted by Crippen LogP contribution is 2.62. The molecule has 2 saturated carbocycles. The van der Waals surface area contributed by atoms with Crippen LogP contribution >= 0.6 is 0 Å². The van der Waals surface area contributed by atoms with Gasteiger partial charge in [0.1, 0.15) is 12.0 Å². The highest BCUT2D eigenvalue weighted by molar-refractivity contribution is 7.85. The summed E-state index contributed by atoms with van der Waals surface area (Å²) in [6, 6.07) is 5.91. The van der Waals surface area contributed by atoms with Gasteiger partial charge in [0.25, 0.3) is 10.1 Å². The van der Waals surface area contributed by atoms with E-state index in [1.165, 1.54) is 17.4 Å². The predicted octanol–water partition coefficient (Wildman–Crippen LogP) is 3.75. The van der Waals surface area contributed by atoms with Crippen LogP contribution in [0.2, 0.25) is 0 Å². The lowest BCUT2D eigenvalue weighted by atomic mass is 9.54. The Labute approximate surface area is 149 Å². The minimum atomic E-state index is -3.99. The molecular weight excluding hydrogens is 336 g/mol. The Balaban J connectivity index is 1.63. The number of benzene rings is 1. The van der Waals surface area contributed by atoms with E-state index in [9.17, 15) is 13.2 Å². The summed E-state index contributed by atoms with van der Waals surface area (Å²) in [5.41, 5.74) is 3.45. The topological polar surface area (TPSA) is 71.4 Å². The highest BCUT2D eigenvalue weighted by atomic mass is 32.2. The minimum absolute atomic E-state index is 0.172. The molecule has 0 aliphatic heterocycles. The molecule has 1 aromatic carbocycles. The van der Waals surface area contributed by atoms with Gasteiger partial charge in [-0.3, -0.25) is 4.55 Å². The molecule has 25 heavy (non-hydrogen) atoms. The summed E-state index contributed by atoms with van der Waals surface area (Å²) in [6.45, 7) is 2.32. The molecule has 5 heteroatoms. The van der Waals surface area contributed by atoms with Crippen molar-refractivity contribution in [1.82, 2.24) is 0 Å². The van der Waals surface area contributed by atoms with Gasteiger partial charge in [0.2, 0.25) is 0 Å². The molecule has 3 aliphatic rings. The van der Waals surface area contributed by atoms with Crippen molar-refractivity contribution in [3.63, 3.8) is 0 Å². The molecule has 3 aliphatic carbocycles. The maximum absolute atomic E-state index is 11.5. The van der Waals surface area contributed by atoms with Gasteiger partial charge in [0.15, 0.2) is 0 Å². The number of rotatable bonds is 3. The zero-order chi connectivity index (χ0) is 17.8. The SMILES string of the molecule is C[C@]12CC[C@@H]3c4ccc(CS(=O)(=O)O)cc4CC[C@H]3[C@@H]1CCC2C=O. The number of aryl methyl sites for hydroxylation is 1. The van der Waals surface area contributed by atoms with E-state index >= 15 is 0 Å². The van der Waals surface area contributed by atoms with Crippen LogP contribution in [0.4, 0.5) is 0 Å². The number of aldehydes is 1. The van der Waals surface area contributed by atoms with Crippen LogP contribution in [0.3, 0.4) is 0 Å². The van der Waals surface area contributed by atoms with Gasteiger partial charge in [-0.15, -0.1) is 0 Å². The first-order valence-corrected chi connectivity index (χ1v) is 10.9. The summed E-state index contributed by atoms with van der Waals surface area (Å²) in [4.78, 5) is 11.5. The third kappa shape index (κ3) is 2.85. The van der Waals surface area contributed by atoms with Crippen molar-refractivity contribution in [2.24, 2.45) is 23.2 Å². The summed E-state index contributed by atoms with van der Waals surface area (Å²) in [5.74, 6) is 1.72. The quantitative estimate of drug-likeness (QED) is 0.657. The van der Waals surface area contributed by atoms with Crippen LogP contribution in [-0.2, 0) is 27.1 Å². The Morgan fingerprint density at radius 2 is 2.04 bits per heavy atom. The summed E-state index contributed by atoms with van der Waals surface area (Å²) in [7, 11) is -3.99. The van der Waals surface area contributed by atoms with Gasteiger partial charge in [-0.25, -0.2) is 0 Å². The summed E-state index contributed by atoms with van der Waals surface area (Å²) < 4.78 is 31.4. The molecule has 0 radical (unpaired) electrons. The monoisotopic (exact) mass is 362 g/mol. The lowest BCUT2D eigenvalue weighted by Crippen LogP contribution is -2.42. The van der Waals surface area contributed by atoms with Crippen molar-refractivity contribution in [2.45, 2.75) is 57.1 Å². The van der Waals surface area contributed by atoms with Crippen molar-refractivity contribution in [3.8, 4) is 0 Å². The molecule has 0 saturated heterocycles. The maximum atomic E-state index is 11.5. The summed E-state index contributed by atoms with van der Waals surface area (Å²) in [6.07, 6.45) is 7.71. The second kappa shape index (κ2) is 5.92. The number of carbonyl (C=O) groups excluding carboxylic acids is 1. The van der Waals surface area contributed by atoms with Crippen molar-refractivity contribution < 1.29 is 17.8 Å². The fourth-order valence-corrected chi connectivity index (χ4v) is 6.80. The molecule has 4 rings (SSSR count). The molecule has 1 N–H and O–H groups in total. The molecule has 0 aromatic heterocycles. The molecule has 2 fully saturated rings. The molecule has 0 amide bonds. The minimum Gasteiger partial charge on any atom is -0.303 e.